The number of allylic oxidation sites excluding steroid dienone is 1. The highest BCUT2D eigenvalue weighted by molar-refractivity contribution is 7.98. The van der Waals surface area contributed by atoms with Crippen LogP contribution in [0.15, 0.2) is 42.0 Å². The third-order valence-electron chi connectivity index (χ3n) is 8.78. The number of fused-ring (bicyclic) bond motifs is 3. The fourth-order valence-electron chi connectivity index (χ4n) is 6.30. The van der Waals surface area contributed by atoms with Gasteiger partial charge in [-0.05, 0) is 97.9 Å². The standard InChI is InChI=1S/C31H38ClFN2O3S/c1-4-21-13-15-35-17-31(14-12-23-24(31)9-10-25(32)28(23)33)18-38-27-11-8-22(16-26(27)35)30(37)34-39-20(3)7-5-6-19(2)29(21)36/h6,8-11,16,20-21,29,36H,4-5,7,12-15,17-18H2,1-3H3,(H,34,37)/b19-6+. The van der Waals surface area contributed by atoms with Gasteiger partial charge in [-0.3, -0.25) is 9.52 Å². The van der Waals surface area contributed by atoms with Crippen molar-refractivity contribution in [2.45, 2.75) is 76.1 Å². The number of benzene rings is 2. The molecule has 0 saturated carbocycles. The third-order valence-corrected chi connectivity index (χ3v) is 10.0. The lowest BCUT2D eigenvalue weighted by atomic mass is 9.81. The second kappa shape index (κ2) is 11.7. The van der Waals surface area contributed by atoms with Crippen LogP contribution in [0.1, 0.15) is 74.4 Å². The van der Waals surface area contributed by atoms with Crippen molar-refractivity contribution < 1.29 is 19.0 Å². The molecule has 3 aliphatic rings. The number of hydrogen-bond donors (Lipinski definition) is 2. The quantitative estimate of drug-likeness (QED) is 0.289. The maximum Gasteiger partial charge on any atom is 0.261 e. The van der Waals surface area contributed by atoms with E-state index >= 15 is 4.39 Å². The largest absolute Gasteiger partial charge is 0.490 e. The Hall–Kier alpha value is -2.22. The number of aliphatic hydroxyl groups is 1. The van der Waals surface area contributed by atoms with E-state index in [1.54, 1.807) is 6.07 Å². The molecule has 2 aromatic carbocycles. The highest BCUT2D eigenvalue weighted by Crippen LogP contribution is 2.46. The molecule has 4 unspecified atom stereocenters. The fourth-order valence-corrected chi connectivity index (χ4v) is 7.16. The number of anilines is 1. The van der Waals surface area contributed by atoms with Crippen LogP contribution < -0.4 is 14.4 Å². The summed E-state index contributed by atoms with van der Waals surface area (Å²) in [5, 5.41) is 11.6. The molecule has 4 atom stereocenters. The van der Waals surface area contributed by atoms with E-state index in [1.807, 2.05) is 31.2 Å². The molecule has 0 aromatic heterocycles. The Balaban J connectivity index is 1.54. The van der Waals surface area contributed by atoms with E-state index in [-0.39, 0.29) is 27.9 Å². The number of hydrogen-bond acceptors (Lipinski definition) is 5. The van der Waals surface area contributed by atoms with Crippen LogP contribution in [0, 0.1) is 11.7 Å². The second-order valence-electron chi connectivity index (χ2n) is 11.3. The first kappa shape index (κ1) is 28.3. The zero-order chi connectivity index (χ0) is 27.7. The van der Waals surface area contributed by atoms with Crippen LogP contribution in [-0.4, -0.2) is 42.1 Å². The second-order valence-corrected chi connectivity index (χ2v) is 13.0. The lowest BCUT2D eigenvalue weighted by Crippen LogP contribution is -2.43. The van der Waals surface area contributed by atoms with Gasteiger partial charge in [0.2, 0.25) is 0 Å². The summed E-state index contributed by atoms with van der Waals surface area (Å²) >= 11 is 7.57. The van der Waals surface area contributed by atoms with Crippen LogP contribution in [0.3, 0.4) is 0 Å². The van der Waals surface area contributed by atoms with Crippen molar-refractivity contribution in [3.63, 3.8) is 0 Å². The predicted octanol–water partition coefficient (Wildman–Crippen LogP) is 6.85. The van der Waals surface area contributed by atoms with Crippen LogP contribution in [0.2, 0.25) is 5.02 Å². The van der Waals surface area contributed by atoms with E-state index in [1.165, 1.54) is 11.9 Å². The van der Waals surface area contributed by atoms with Gasteiger partial charge >= 0.3 is 0 Å². The average Bonchev–Trinajstić information content (AvgIpc) is 3.21. The Morgan fingerprint density at radius 3 is 2.90 bits per heavy atom. The van der Waals surface area contributed by atoms with Crippen molar-refractivity contribution in [1.82, 2.24) is 4.72 Å². The Labute approximate surface area is 240 Å². The van der Waals surface area contributed by atoms with Crippen LogP contribution >= 0.6 is 23.5 Å². The molecule has 5 nitrogen and oxygen atoms in total. The van der Waals surface area contributed by atoms with Gasteiger partial charge in [0.25, 0.3) is 5.91 Å². The van der Waals surface area contributed by atoms with Crippen molar-refractivity contribution in [1.29, 1.82) is 0 Å². The zero-order valence-corrected chi connectivity index (χ0v) is 24.5. The van der Waals surface area contributed by atoms with Crippen molar-refractivity contribution in [2.75, 3.05) is 24.6 Å². The molecule has 1 amide bonds. The third kappa shape index (κ3) is 5.68. The summed E-state index contributed by atoms with van der Waals surface area (Å²) in [5.41, 5.74) is 3.69. The number of carbonyl (C=O) groups is 1. The molecule has 2 N–H and O–H groups in total. The van der Waals surface area contributed by atoms with E-state index < -0.39 is 11.5 Å². The molecular weight excluding hydrogens is 535 g/mol. The van der Waals surface area contributed by atoms with E-state index in [2.05, 4.69) is 29.5 Å². The van der Waals surface area contributed by atoms with Gasteiger partial charge in [-0.25, -0.2) is 4.39 Å². The maximum atomic E-state index is 15.0. The Morgan fingerprint density at radius 1 is 1.28 bits per heavy atom. The molecule has 0 saturated heterocycles. The molecule has 39 heavy (non-hydrogen) atoms. The number of nitrogens with zero attached hydrogens (tertiary/aromatic N) is 1. The van der Waals surface area contributed by atoms with Crippen LogP contribution in [0.5, 0.6) is 5.75 Å². The number of carbonyl (C=O) groups excluding carboxylic acids is 1. The first-order valence-corrected chi connectivity index (χ1v) is 15.3. The first-order chi connectivity index (χ1) is 18.7. The number of amides is 1. The van der Waals surface area contributed by atoms with Gasteiger partial charge in [0.05, 0.1) is 23.4 Å². The zero-order valence-electron chi connectivity index (χ0n) is 22.9. The van der Waals surface area contributed by atoms with E-state index in [0.717, 1.165) is 54.7 Å². The van der Waals surface area contributed by atoms with Crippen molar-refractivity contribution >= 4 is 35.1 Å². The molecule has 2 bridgehead atoms. The van der Waals surface area contributed by atoms with Crippen molar-refractivity contribution in [3.8, 4) is 5.75 Å². The van der Waals surface area contributed by atoms with Crippen molar-refractivity contribution in [2.24, 2.45) is 5.92 Å². The molecule has 1 aliphatic carbocycles. The molecule has 8 heteroatoms. The summed E-state index contributed by atoms with van der Waals surface area (Å²) in [6, 6.07) is 9.21. The lowest BCUT2D eigenvalue weighted by Gasteiger charge is -2.35. The number of aliphatic hydroxyl groups excluding tert-OH is 1. The summed E-state index contributed by atoms with van der Waals surface area (Å²) in [6.45, 7) is 7.98. The lowest BCUT2D eigenvalue weighted by molar-refractivity contribution is 0.0984. The number of nitrogens with one attached hydrogen (secondary N) is 1. The number of halogens is 2. The molecule has 2 heterocycles. The molecule has 2 aliphatic heterocycles. The summed E-state index contributed by atoms with van der Waals surface area (Å²) in [7, 11) is 0. The van der Waals surface area contributed by atoms with Crippen LogP contribution in [-0.2, 0) is 11.8 Å². The molecule has 210 valence electrons. The first-order valence-electron chi connectivity index (χ1n) is 14.0. The maximum absolute atomic E-state index is 15.0. The number of rotatable bonds is 1. The van der Waals surface area contributed by atoms with E-state index in [9.17, 15) is 9.90 Å². The van der Waals surface area contributed by atoms with Gasteiger partial charge in [0, 0.05) is 29.3 Å². The highest BCUT2D eigenvalue weighted by atomic mass is 35.5. The Kier molecular flexibility index (Phi) is 8.51. The normalized spacial score (nSPS) is 29.2. The summed E-state index contributed by atoms with van der Waals surface area (Å²) < 4.78 is 24.5. The predicted molar refractivity (Wildman–Crippen MR) is 157 cm³/mol. The van der Waals surface area contributed by atoms with E-state index in [0.29, 0.717) is 37.2 Å². The molecule has 5 rings (SSSR count). The average molecular weight is 573 g/mol. The van der Waals surface area contributed by atoms with Crippen LogP contribution in [0.4, 0.5) is 10.1 Å². The molecule has 2 aromatic rings. The minimum atomic E-state index is -0.503. The van der Waals surface area contributed by atoms with Gasteiger partial charge in [-0.2, -0.15) is 0 Å². The topological polar surface area (TPSA) is 61.8 Å². The number of ether oxygens (including phenoxy) is 1. The smallest absolute Gasteiger partial charge is 0.261 e. The van der Waals surface area contributed by atoms with Gasteiger partial charge in [-0.1, -0.05) is 44.0 Å². The summed E-state index contributed by atoms with van der Waals surface area (Å²) in [5.74, 6) is 0.362. The minimum absolute atomic E-state index is 0.100. The minimum Gasteiger partial charge on any atom is -0.490 e. The Morgan fingerprint density at radius 2 is 2.10 bits per heavy atom. The molecule has 0 radical (unpaired) electrons. The van der Waals surface area contributed by atoms with Gasteiger partial charge in [0.15, 0.2) is 0 Å². The van der Waals surface area contributed by atoms with Gasteiger partial charge in [-0.15, -0.1) is 0 Å². The van der Waals surface area contributed by atoms with Gasteiger partial charge in [0.1, 0.15) is 11.6 Å². The highest BCUT2D eigenvalue weighted by Gasteiger charge is 2.44. The SMILES string of the molecule is CCC1CCN2CC3(CCc4c3ccc(Cl)c4F)COc3ccc(cc32)C(=O)NSC(C)CC/C=C(\C)C1O. The monoisotopic (exact) mass is 572 g/mol. The molecule has 0 fully saturated rings. The molecular formula is C31H38ClFN2O3S. The summed E-state index contributed by atoms with van der Waals surface area (Å²) in [6.07, 6.45) is 6.41. The molecule has 1 spiro atoms. The van der Waals surface area contributed by atoms with Crippen molar-refractivity contribution in [3.05, 3.63) is 69.5 Å². The summed E-state index contributed by atoms with van der Waals surface area (Å²) in [4.78, 5) is 15.4. The van der Waals surface area contributed by atoms with E-state index in [4.69, 9.17) is 16.3 Å². The van der Waals surface area contributed by atoms with Crippen LogP contribution in [0.25, 0.3) is 0 Å². The Bertz CT molecular complexity index is 1270. The fraction of sp³-hybridized carbons (Fsp3) is 0.516. The van der Waals surface area contributed by atoms with Gasteiger partial charge < -0.3 is 14.7 Å².